The minimum Gasteiger partial charge on any atom is -0.348 e. The van der Waals surface area contributed by atoms with Crippen molar-refractivity contribution in [1.29, 1.82) is 0 Å². The highest BCUT2D eigenvalue weighted by atomic mass is 32.1. The molecule has 3 aromatic rings. The molecule has 0 radical (unpaired) electrons. The van der Waals surface area contributed by atoms with E-state index in [9.17, 15) is 9.59 Å². The summed E-state index contributed by atoms with van der Waals surface area (Å²) in [6, 6.07) is 9.63. The molecule has 3 rings (SSSR count). The molecule has 0 fully saturated rings. The van der Waals surface area contributed by atoms with Gasteiger partial charge in [-0.15, -0.1) is 11.3 Å². The molecular weight excluding hydrogens is 372 g/mol. The Hall–Kier alpha value is -2.51. The van der Waals surface area contributed by atoms with Crippen LogP contribution in [-0.4, -0.2) is 34.5 Å². The molecule has 0 aliphatic heterocycles. The second kappa shape index (κ2) is 8.24. The van der Waals surface area contributed by atoms with Gasteiger partial charge >= 0.3 is 0 Å². The van der Waals surface area contributed by atoms with Gasteiger partial charge in [-0.25, -0.2) is 4.98 Å². The van der Waals surface area contributed by atoms with E-state index < -0.39 is 0 Å². The number of benzene rings is 1. The number of rotatable bonds is 6. The van der Waals surface area contributed by atoms with Crippen LogP contribution in [0.25, 0.3) is 10.2 Å². The van der Waals surface area contributed by atoms with Gasteiger partial charge in [-0.1, -0.05) is 30.3 Å². The number of carbonyl (C=O) groups excluding carboxylic acids is 1. The molecule has 6 nitrogen and oxygen atoms in total. The van der Waals surface area contributed by atoms with Gasteiger partial charge in [-0.3, -0.25) is 14.2 Å². The van der Waals surface area contributed by atoms with Crippen molar-refractivity contribution in [3.8, 4) is 0 Å². The monoisotopic (exact) mass is 398 g/mol. The fourth-order valence-electron chi connectivity index (χ4n) is 3.19. The summed E-state index contributed by atoms with van der Waals surface area (Å²) >= 11 is 1.53. The number of nitrogens with zero attached hydrogens (tertiary/aromatic N) is 3. The van der Waals surface area contributed by atoms with Crippen molar-refractivity contribution < 1.29 is 4.79 Å². The third kappa shape index (κ3) is 4.15. The van der Waals surface area contributed by atoms with Gasteiger partial charge in [0, 0.05) is 4.88 Å². The number of thiophene rings is 1. The molecule has 148 valence electrons. The van der Waals surface area contributed by atoms with Crippen LogP contribution in [0, 0.1) is 13.8 Å². The number of fused-ring (bicyclic) bond motifs is 1. The fourth-order valence-corrected chi connectivity index (χ4v) is 4.23. The fraction of sp³-hybridized carbons (Fsp3) is 0.381. The van der Waals surface area contributed by atoms with Crippen LogP contribution in [0.1, 0.15) is 34.8 Å². The number of aromatic nitrogens is 2. The number of aryl methyl sites for hydroxylation is 2. The summed E-state index contributed by atoms with van der Waals surface area (Å²) in [5.41, 5.74) is 1.82. The van der Waals surface area contributed by atoms with Crippen LogP contribution < -0.4 is 10.9 Å². The standard InChI is InChI=1S/C21H26N4O2S/c1-13-15(3)28-20-19(13)21(27)25(17(23-20)11-24(4)5)12-18(26)22-14(2)16-9-7-6-8-10-16/h6-10,14H,11-12H2,1-5H3,(H,22,26). The normalized spacial score (nSPS) is 12.5. The number of hydrogen-bond donors (Lipinski definition) is 1. The van der Waals surface area contributed by atoms with Gasteiger partial charge in [-0.2, -0.15) is 0 Å². The van der Waals surface area contributed by atoms with Gasteiger partial charge in [0.15, 0.2) is 0 Å². The van der Waals surface area contributed by atoms with Gasteiger partial charge in [0.1, 0.15) is 17.2 Å². The average Bonchev–Trinajstić information content (AvgIpc) is 2.92. The SMILES string of the molecule is Cc1sc2nc(CN(C)C)n(CC(=O)NC(C)c3ccccc3)c(=O)c2c1C. The first-order valence-electron chi connectivity index (χ1n) is 9.26. The molecule has 2 aromatic heterocycles. The molecule has 0 saturated heterocycles. The van der Waals surface area contributed by atoms with E-state index in [1.165, 1.54) is 15.9 Å². The van der Waals surface area contributed by atoms with E-state index in [4.69, 9.17) is 4.98 Å². The molecule has 7 heteroatoms. The predicted molar refractivity (Wildman–Crippen MR) is 114 cm³/mol. The molecule has 0 aliphatic carbocycles. The predicted octanol–water partition coefficient (Wildman–Crippen LogP) is 3.01. The van der Waals surface area contributed by atoms with Crippen molar-refractivity contribution in [2.24, 2.45) is 0 Å². The Labute approximate surface area is 168 Å². The molecule has 1 atom stereocenters. The van der Waals surface area contributed by atoms with Crippen molar-refractivity contribution in [3.63, 3.8) is 0 Å². The summed E-state index contributed by atoms with van der Waals surface area (Å²) in [6.07, 6.45) is 0. The lowest BCUT2D eigenvalue weighted by atomic mass is 10.1. The topological polar surface area (TPSA) is 67.2 Å². The minimum atomic E-state index is -0.204. The Kier molecular flexibility index (Phi) is 5.96. The molecule has 28 heavy (non-hydrogen) atoms. The van der Waals surface area contributed by atoms with E-state index >= 15 is 0 Å². The zero-order chi connectivity index (χ0) is 20.4. The summed E-state index contributed by atoms with van der Waals surface area (Å²) in [5, 5.41) is 3.60. The largest absolute Gasteiger partial charge is 0.348 e. The van der Waals surface area contributed by atoms with Gasteiger partial charge in [-0.05, 0) is 46.0 Å². The van der Waals surface area contributed by atoms with Crippen LogP contribution in [-0.2, 0) is 17.9 Å². The van der Waals surface area contributed by atoms with Crippen molar-refractivity contribution in [1.82, 2.24) is 19.8 Å². The third-order valence-corrected chi connectivity index (χ3v) is 5.91. The second-order valence-corrected chi connectivity index (χ2v) is 8.52. The molecule has 1 aromatic carbocycles. The molecule has 1 N–H and O–H groups in total. The molecular formula is C21H26N4O2S. The summed E-state index contributed by atoms with van der Waals surface area (Å²) in [7, 11) is 3.84. The molecule has 1 amide bonds. The first-order chi connectivity index (χ1) is 13.3. The Balaban J connectivity index is 1.94. The van der Waals surface area contributed by atoms with Crippen LogP contribution in [0.3, 0.4) is 0 Å². The molecule has 0 aliphatic rings. The number of carbonyl (C=O) groups is 1. The quantitative estimate of drug-likeness (QED) is 0.693. The Bertz CT molecular complexity index is 1050. The minimum absolute atomic E-state index is 0.0452. The summed E-state index contributed by atoms with van der Waals surface area (Å²) in [4.78, 5) is 34.4. The highest BCUT2D eigenvalue weighted by Gasteiger charge is 2.19. The van der Waals surface area contributed by atoms with Gasteiger partial charge in [0.2, 0.25) is 5.91 Å². The number of amides is 1. The Morgan fingerprint density at radius 1 is 1.25 bits per heavy atom. The van der Waals surface area contributed by atoms with E-state index in [1.54, 1.807) is 0 Å². The lowest BCUT2D eigenvalue weighted by Crippen LogP contribution is -2.36. The van der Waals surface area contributed by atoms with Crippen molar-refractivity contribution in [2.45, 2.75) is 39.9 Å². The van der Waals surface area contributed by atoms with Gasteiger partial charge < -0.3 is 10.2 Å². The van der Waals surface area contributed by atoms with E-state index in [-0.39, 0.29) is 24.1 Å². The van der Waals surface area contributed by atoms with Crippen molar-refractivity contribution >= 4 is 27.5 Å². The zero-order valence-corrected chi connectivity index (χ0v) is 17.8. The van der Waals surface area contributed by atoms with Crippen LogP contribution >= 0.6 is 11.3 Å². The second-order valence-electron chi connectivity index (χ2n) is 7.32. The summed E-state index contributed by atoms with van der Waals surface area (Å²) in [5.74, 6) is 0.399. The average molecular weight is 399 g/mol. The van der Waals surface area contributed by atoms with Crippen LogP contribution in [0.15, 0.2) is 35.1 Å². The Morgan fingerprint density at radius 2 is 1.93 bits per heavy atom. The van der Waals surface area contributed by atoms with Gasteiger partial charge in [0.05, 0.1) is 18.0 Å². The van der Waals surface area contributed by atoms with E-state index in [1.807, 2.05) is 70.1 Å². The Morgan fingerprint density at radius 3 is 2.57 bits per heavy atom. The van der Waals surface area contributed by atoms with E-state index in [2.05, 4.69) is 5.32 Å². The van der Waals surface area contributed by atoms with Crippen molar-refractivity contribution in [2.75, 3.05) is 14.1 Å². The van der Waals surface area contributed by atoms with Crippen LogP contribution in [0.2, 0.25) is 0 Å². The maximum Gasteiger partial charge on any atom is 0.263 e. The summed E-state index contributed by atoms with van der Waals surface area (Å²) < 4.78 is 1.51. The zero-order valence-electron chi connectivity index (χ0n) is 16.9. The van der Waals surface area contributed by atoms with Crippen molar-refractivity contribution in [3.05, 3.63) is 62.5 Å². The lowest BCUT2D eigenvalue weighted by molar-refractivity contribution is -0.122. The molecule has 2 heterocycles. The maximum absolute atomic E-state index is 13.2. The summed E-state index contributed by atoms with van der Waals surface area (Å²) in [6.45, 7) is 6.31. The third-order valence-electron chi connectivity index (χ3n) is 4.80. The lowest BCUT2D eigenvalue weighted by Gasteiger charge is -2.18. The molecule has 1 unspecified atom stereocenters. The molecule has 0 bridgehead atoms. The van der Waals surface area contributed by atoms with Crippen LogP contribution in [0.4, 0.5) is 0 Å². The highest BCUT2D eigenvalue weighted by Crippen LogP contribution is 2.26. The smallest absolute Gasteiger partial charge is 0.263 e. The van der Waals surface area contributed by atoms with Crippen LogP contribution in [0.5, 0.6) is 0 Å². The highest BCUT2D eigenvalue weighted by molar-refractivity contribution is 7.18. The van der Waals surface area contributed by atoms with E-state index in [0.29, 0.717) is 17.8 Å². The molecule has 0 spiro atoms. The first kappa shape index (κ1) is 20.2. The first-order valence-corrected chi connectivity index (χ1v) is 10.1. The van der Waals surface area contributed by atoms with E-state index in [0.717, 1.165) is 20.8 Å². The van der Waals surface area contributed by atoms with Gasteiger partial charge in [0.25, 0.3) is 5.56 Å². The molecule has 0 saturated carbocycles. The number of hydrogen-bond acceptors (Lipinski definition) is 5. The maximum atomic E-state index is 13.2. The number of nitrogens with one attached hydrogen (secondary N) is 1.